The van der Waals surface area contributed by atoms with E-state index < -0.39 is 18.6 Å². The van der Waals surface area contributed by atoms with Crippen molar-refractivity contribution in [3.8, 4) is 5.75 Å². The van der Waals surface area contributed by atoms with Crippen LogP contribution in [-0.4, -0.2) is 41.1 Å². The first-order chi connectivity index (χ1) is 10.8. The van der Waals surface area contributed by atoms with Gasteiger partial charge in [0.05, 0.1) is 8.04 Å². The summed E-state index contributed by atoms with van der Waals surface area (Å²) in [6.07, 6.45) is 1.56. The Kier molecular flexibility index (Phi) is 5.63. The molecular formula is C14H12BrIN2O5. The summed E-state index contributed by atoms with van der Waals surface area (Å²) < 4.78 is 6.44. The molecule has 0 unspecified atom stereocenters. The zero-order valence-electron chi connectivity index (χ0n) is 11.9. The van der Waals surface area contributed by atoms with Crippen LogP contribution in [0, 0.1) is 3.57 Å². The molecule has 23 heavy (non-hydrogen) atoms. The quantitative estimate of drug-likeness (QED) is 0.372. The van der Waals surface area contributed by atoms with Crippen molar-refractivity contribution in [3.05, 3.63) is 31.4 Å². The molecule has 2 rings (SSSR count). The van der Waals surface area contributed by atoms with E-state index in [0.717, 1.165) is 4.90 Å². The van der Waals surface area contributed by atoms with Gasteiger partial charge in [-0.3, -0.25) is 9.69 Å². The first kappa shape index (κ1) is 17.7. The smallest absolute Gasteiger partial charge is 0.341 e. The molecule has 0 aliphatic carbocycles. The first-order valence-electron chi connectivity index (χ1n) is 6.51. The summed E-state index contributed by atoms with van der Waals surface area (Å²) in [6.45, 7) is 1.56. The van der Waals surface area contributed by atoms with E-state index in [9.17, 15) is 14.4 Å². The number of nitrogens with zero attached hydrogens (tertiary/aromatic N) is 1. The van der Waals surface area contributed by atoms with Gasteiger partial charge in [0.2, 0.25) is 0 Å². The maximum absolute atomic E-state index is 12.0. The Hall–Kier alpha value is -1.62. The number of nitrogens with one attached hydrogen (secondary N) is 1. The van der Waals surface area contributed by atoms with E-state index >= 15 is 0 Å². The van der Waals surface area contributed by atoms with Crippen molar-refractivity contribution in [3.63, 3.8) is 0 Å². The minimum atomic E-state index is -1.07. The van der Waals surface area contributed by atoms with Crippen molar-refractivity contribution in [2.45, 2.75) is 6.92 Å². The summed E-state index contributed by atoms with van der Waals surface area (Å²) in [4.78, 5) is 35.3. The highest BCUT2D eigenvalue weighted by Gasteiger charge is 2.32. The molecule has 9 heteroatoms. The number of urea groups is 1. The van der Waals surface area contributed by atoms with Crippen molar-refractivity contribution in [1.29, 1.82) is 0 Å². The van der Waals surface area contributed by atoms with Gasteiger partial charge in [-0.05, 0) is 69.2 Å². The van der Waals surface area contributed by atoms with E-state index in [1.165, 1.54) is 0 Å². The highest BCUT2D eigenvalue weighted by Crippen LogP contribution is 2.33. The largest absolute Gasteiger partial charge is 0.480 e. The van der Waals surface area contributed by atoms with E-state index in [4.69, 9.17) is 9.84 Å². The molecule has 0 aromatic heterocycles. The standard InChI is InChI=1S/C14H12BrIN2O5/c1-2-18-13(21)10(17-14(18)22)5-7-3-8(15)12(9(16)4-7)23-6-11(19)20/h3-5H,2,6H2,1H3,(H,17,22)(H,19,20)/b10-5+. The fourth-order valence-electron chi connectivity index (χ4n) is 1.96. The molecule has 1 aliphatic heterocycles. The van der Waals surface area contributed by atoms with Crippen LogP contribution in [0.25, 0.3) is 6.08 Å². The Morgan fingerprint density at radius 3 is 2.70 bits per heavy atom. The molecule has 0 saturated carbocycles. The van der Waals surface area contributed by atoms with E-state index in [2.05, 4.69) is 21.2 Å². The number of likely N-dealkylation sites (N-methyl/N-ethyl adjacent to an activating group) is 1. The van der Waals surface area contributed by atoms with Crippen LogP contribution in [0.3, 0.4) is 0 Å². The number of aliphatic carboxylic acids is 1. The lowest BCUT2D eigenvalue weighted by Gasteiger charge is -2.10. The third-order valence-corrected chi connectivity index (χ3v) is 4.34. The monoisotopic (exact) mass is 494 g/mol. The van der Waals surface area contributed by atoms with Crippen LogP contribution < -0.4 is 10.1 Å². The number of imide groups is 1. The van der Waals surface area contributed by atoms with E-state index in [0.29, 0.717) is 25.9 Å². The summed E-state index contributed by atoms with van der Waals surface area (Å²) >= 11 is 5.32. The lowest BCUT2D eigenvalue weighted by Crippen LogP contribution is -2.30. The van der Waals surface area contributed by atoms with Gasteiger partial charge in [-0.15, -0.1) is 0 Å². The number of halogens is 2. The van der Waals surface area contributed by atoms with Gasteiger partial charge in [0.15, 0.2) is 6.61 Å². The van der Waals surface area contributed by atoms with Crippen molar-refractivity contribution in [2.24, 2.45) is 0 Å². The van der Waals surface area contributed by atoms with Gasteiger partial charge in [0, 0.05) is 6.54 Å². The Morgan fingerprint density at radius 1 is 1.48 bits per heavy atom. The summed E-state index contributed by atoms with van der Waals surface area (Å²) in [5.41, 5.74) is 0.865. The number of hydrogen-bond donors (Lipinski definition) is 2. The lowest BCUT2D eigenvalue weighted by atomic mass is 10.2. The maximum Gasteiger partial charge on any atom is 0.341 e. The van der Waals surface area contributed by atoms with Crippen LogP contribution in [0.4, 0.5) is 4.79 Å². The summed E-state index contributed by atoms with van der Waals surface area (Å²) in [6, 6.07) is 2.96. The average Bonchev–Trinajstić information content (AvgIpc) is 2.71. The molecule has 1 aliphatic rings. The van der Waals surface area contributed by atoms with Crippen LogP contribution in [0.15, 0.2) is 22.3 Å². The van der Waals surface area contributed by atoms with Crippen molar-refractivity contribution < 1.29 is 24.2 Å². The predicted octanol–water partition coefficient (Wildman–Crippen LogP) is 2.43. The summed E-state index contributed by atoms with van der Waals surface area (Å²) in [5, 5.41) is 11.2. The Morgan fingerprint density at radius 2 is 2.17 bits per heavy atom. The second-order valence-electron chi connectivity index (χ2n) is 4.53. The third-order valence-electron chi connectivity index (χ3n) is 2.95. The number of hydrogen-bond acceptors (Lipinski definition) is 4. The fourth-order valence-corrected chi connectivity index (χ4v) is 3.73. The van der Waals surface area contributed by atoms with Crippen LogP contribution in [0.1, 0.15) is 12.5 Å². The second kappa shape index (κ2) is 7.30. The van der Waals surface area contributed by atoms with E-state index in [-0.39, 0.29) is 11.6 Å². The zero-order valence-corrected chi connectivity index (χ0v) is 15.7. The average molecular weight is 495 g/mol. The molecule has 1 fully saturated rings. The second-order valence-corrected chi connectivity index (χ2v) is 6.55. The van der Waals surface area contributed by atoms with Gasteiger partial charge in [-0.1, -0.05) is 0 Å². The van der Waals surface area contributed by atoms with E-state index in [1.807, 2.05) is 22.6 Å². The SMILES string of the molecule is CCN1C(=O)N/C(=C/c2cc(Br)c(OCC(=O)O)c(I)c2)C1=O. The number of carbonyl (C=O) groups excluding carboxylic acids is 2. The van der Waals surface area contributed by atoms with Crippen LogP contribution in [0.5, 0.6) is 5.75 Å². The van der Waals surface area contributed by atoms with E-state index in [1.54, 1.807) is 25.1 Å². The molecule has 0 radical (unpaired) electrons. The van der Waals surface area contributed by atoms with Gasteiger partial charge in [-0.2, -0.15) is 0 Å². The highest BCUT2D eigenvalue weighted by molar-refractivity contribution is 14.1. The van der Waals surface area contributed by atoms with Gasteiger partial charge >= 0.3 is 12.0 Å². The maximum atomic E-state index is 12.0. The fraction of sp³-hybridized carbons (Fsp3) is 0.214. The lowest BCUT2D eigenvalue weighted by molar-refractivity contribution is -0.139. The molecule has 122 valence electrons. The number of carbonyl (C=O) groups is 3. The molecule has 3 amide bonds. The minimum absolute atomic E-state index is 0.193. The van der Waals surface area contributed by atoms with Crippen molar-refractivity contribution >= 4 is 62.5 Å². The topological polar surface area (TPSA) is 95.9 Å². The number of carboxylic acid groups (broad SMARTS) is 1. The predicted molar refractivity (Wildman–Crippen MR) is 93.9 cm³/mol. The first-order valence-corrected chi connectivity index (χ1v) is 8.38. The van der Waals surface area contributed by atoms with Crippen LogP contribution >= 0.6 is 38.5 Å². The minimum Gasteiger partial charge on any atom is -0.480 e. The molecule has 7 nitrogen and oxygen atoms in total. The summed E-state index contributed by atoms with van der Waals surface area (Å²) in [5.74, 6) is -1.04. The summed E-state index contributed by atoms with van der Waals surface area (Å²) in [7, 11) is 0. The zero-order chi connectivity index (χ0) is 17.1. The normalized spacial score (nSPS) is 16.0. The molecule has 1 aromatic rings. The molecule has 0 atom stereocenters. The van der Waals surface area contributed by atoms with Gasteiger partial charge in [-0.25, -0.2) is 9.59 Å². The molecule has 1 aromatic carbocycles. The van der Waals surface area contributed by atoms with Crippen molar-refractivity contribution in [1.82, 2.24) is 10.2 Å². The van der Waals surface area contributed by atoms with Gasteiger partial charge in [0.25, 0.3) is 5.91 Å². The Balaban J connectivity index is 2.28. The number of benzene rings is 1. The van der Waals surface area contributed by atoms with Crippen LogP contribution in [0.2, 0.25) is 0 Å². The number of ether oxygens (including phenoxy) is 1. The molecule has 1 saturated heterocycles. The van der Waals surface area contributed by atoms with Crippen molar-refractivity contribution in [2.75, 3.05) is 13.2 Å². The molecule has 0 spiro atoms. The number of rotatable bonds is 5. The van der Waals surface area contributed by atoms with Crippen LogP contribution in [-0.2, 0) is 9.59 Å². The highest BCUT2D eigenvalue weighted by atomic mass is 127. The number of carboxylic acids is 1. The van der Waals surface area contributed by atoms with Gasteiger partial charge in [0.1, 0.15) is 11.4 Å². The Bertz CT molecular complexity index is 696. The third kappa shape index (κ3) is 4.02. The molecular weight excluding hydrogens is 483 g/mol. The Labute approximate surface area is 153 Å². The molecule has 2 N–H and O–H groups in total. The molecule has 1 heterocycles. The molecule has 0 bridgehead atoms. The van der Waals surface area contributed by atoms with Gasteiger partial charge < -0.3 is 15.2 Å². The number of amides is 3.